The maximum Gasteiger partial charge on any atom is 0.341 e. The van der Waals surface area contributed by atoms with E-state index in [1.165, 1.54) is 0 Å². The number of hydrogen-bond acceptors (Lipinski definition) is 6. The molecule has 0 unspecified atom stereocenters. The minimum Gasteiger partial charge on any atom is -0.497 e. The van der Waals surface area contributed by atoms with Crippen molar-refractivity contribution in [2.45, 2.75) is 13.8 Å². The molecule has 0 saturated carbocycles. The highest BCUT2D eigenvalue weighted by Gasteiger charge is 2.16. The Morgan fingerprint density at radius 3 is 1.64 bits per heavy atom. The first-order chi connectivity index (χ1) is 22.9. The molecule has 5 rings (SSSR count). The van der Waals surface area contributed by atoms with Crippen LogP contribution in [0.3, 0.4) is 0 Å². The average molecular weight is 631 g/mol. The highest BCUT2D eigenvalue weighted by Crippen LogP contribution is 2.33. The Morgan fingerprint density at radius 1 is 0.617 bits per heavy atom. The lowest BCUT2D eigenvalue weighted by Gasteiger charge is -2.19. The number of carbonyl (C=O) groups is 1. The lowest BCUT2D eigenvalue weighted by molar-refractivity contribution is -0.139. The molecule has 5 aromatic carbocycles. The zero-order chi connectivity index (χ0) is 33.2. The fourth-order valence-corrected chi connectivity index (χ4v) is 5.27. The smallest absolute Gasteiger partial charge is 0.341 e. The SMILES string of the molecule is CCOC(COc1ccc(OCC(=O)O)c(C)c1)=C(c1ccc(-c2cccc(OC)c2)cc1)c1ccc(-c2cccc(OC)c2)cc1. The lowest BCUT2D eigenvalue weighted by Crippen LogP contribution is -2.11. The van der Waals surface area contributed by atoms with E-state index in [0.717, 1.165) is 56.0 Å². The van der Waals surface area contributed by atoms with Crippen LogP contribution in [0.1, 0.15) is 23.6 Å². The quantitative estimate of drug-likeness (QED) is 0.123. The molecule has 7 heteroatoms. The van der Waals surface area contributed by atoms with Crippen LogP contribution < -0.4 is 18.9 Å². The van der Waals surface area contributed by atoms with E-state index in [1.807, 2.05) is 56.3 Å². The van der Waals surface area contributed by atoms with Crippen molar-refractivity contribution in [3.8, 4) is 45.3 Å². The second kappa shape index (κ2) is 15.5. The molecule has 7 nitrogen and oxygen atoms in total. The van der Waals surface area contributed by atoms with Crippen LogP contribution in [0.4, 0.5) is 0 Å². The number of rotatable bonds is 14. The summed E-state index contributed by atoms with van der Waals surface area (Å²) in [5, 5.41) is 8.97. The standard InChI is InChI=1S/C40H38O7/c1-5-45-38(25-46-36-20-21-37(27(2)22-36)47-26-39(41)42)40(30-16-12-28(13-17-30)32-8-6-10-34(23-32)43-3)31-18-14-29(15-19-31)33-9-7-11-35(24-33)44-4/h6-24H,5,25-26H2,1-4H3,(H,41,42). The van der Waals surface area contributed by atoms with Crippen molar-refractivity contribution in [3.63, 3.8) is 0 Å². The number of aliphatic carboxylic acids is 1. The van der Waals surface area contributed by atoms with Crippen molar-refractivity contribution in [3.05, 3.63) is 138 Å². The van der Waals surface area contributed by atoms with Crippen molar-refractivity contribution in [1.29, 1.82) is 0 Å². The molecule has 0 radical (unpaired) electrons. The molecule has 0 heterocycles. The number of carboxylic acid groups (broad SMARTS) is 1. The normalized spacial score (nSPS) is 10.6. The van der Waals surface area contributed by atoms with Gasteiger partial charge in [-0.1, -0.05) is 72.8 Å². The summed E-state index contributed by atoms with van der Waals surface area (Å²) < 4.78 is 28.8. The molecule has 0 aliphatic carbocycles. The first-order valence-corrected chi connectivity index (χ1v) is 15.3. The predicted molar refractivity (Wildman–Crippen MR) is 184 cm³/mol. The molecule has 240 valence electrons. The fraction of sp³-hybridized carbons (Fsp3) is 0.175. The van der Waals surface area contributed by atoms with Crippen molar-refractivity contribution in [1.82, 2.24) is 0 Å². The zero-order valence-corrected chi connectivity index (χ0v) is 27.0. The summed E-state index contributed by atoms with van der Waals surface area (Å²) in [4.78, 5) is 10.9. The van der Waals surface area contributed by atoms with E-state index in [4.69, 9.17) is 28.8 Å². The molecule has 0 aliphatic rings. The van der Waals surface area contributed by atoms with Gasteiger partial charge in [0.25, 0.3) is 0 Å². The van der Waals surface area contributed by atoms with Crippen LogP contribution in [0.15, 0.2) is 121 Å². The van der Waals surface area contributed by atoms with Gasteiger partial charge in [0.2, 0.25) is 0 Å². The van der Waals surface area contributed by atoms with Gasteiger partial charge in [-0.25, -0.2) is 4.79 Å². The van der Waals surface area contributed by atoms with Gasteiger partial charge in [-0.15, -0.1) is 0 Å². The van der Waals surface area contributed by atoms with E-state index in [1.54, 1.807) is 26.4 Å². The van der Waals surface area contributed by atoms with Crippen LogP contribution >= 0.6 is 0 Å². The number of benzene rings is 5. The molecule has 0 fully saturated rings. The van der Waals surface area contributed by atoms with Crippen LogP contribution in [0.25, 0.3) is 27.8 Å². The Hall–Kier alpha value is -5.69. The van der Waals surface area contributed by atoms with Crippen molar-refractivity contribution in [2.24, 2.45) is 0 Å². The molecule has 1 N–H and O–H groups in total. The Morgan fingerprint density at radius 2 is 1.17 bits per heavy atom. The second-order valence-corrected chi connectivity index (χ2v) is 10.7. The molecule has 0 aromatic heterocycles. The third-order valence-corrected chi connectivity index (χ3v) is 7.62. The van der Waals surface area contributed by atoms with Gasteiger partial charge in [0.15, 0.2) is 6.61 Å². The molecule has 0 atom stereocenters. The van der Waals surface area contributed by atoms with Crippen LogP contribution in [0.5, 0.6) is 23.0 Å². The Balaban J connectivity index is 1.51. The first kappa shape index (κ1) is 32.7. The van der Waals surface area contributed by atoms with Gasteiger partial charge in [0, 0.05) is 5.57 Å². The molecule has 0 bridgehead atoms. The highest BCUT2D eigenvalue weighted by atomic mass is 16.5. The Bertz CT molecular complexity index is 1750. The van der Waals surface area contributed by atoms with Gasteiger partial charge in [-0.3, -0.25) is 0 Å². The number of hydrogen-bond donors (Lipinski definition) is 1. The van der Waals surface area contributed by atoms with E-state index in [9.17, 15) is 4.79 Å². The molecule has 0 spiro atoms. The molecule has 0 amide bonds. The minimum absolute atomic E-state index is 0.174. The van der Waals surface area contributed by atoms with Crippen LogP contribution in [0.2, 0.25) is 0 Å². The molecule has 0 saturated heterocycles. The van der Waals surface area contributed by atoms with Gasteiger partial charge in [-0.05, 0) is 95.3 Å². The van der Waals surface area contributed by atoms with E-state index in [-0.39, 0.29) is 6.61 Å². The van der Waals surface area contributed by atoms with E-state index < -0.39 is 12.6 Å². The highest BCUT2D eigenvalue weighted by molar-refractivity contribution is 5.83. The van der Waals surface area contributed by atoms with E-state index in [2.05, 4.69) is 60.7 Å². The fourth-order valence-electron chi connectivity index (χ4n) is 5.27. The van der Waals surface area contributed by atoms with E-state index in [0.29, 0.717) is 23.9 Å². The maximum absolute atomic E-state index is 10.9. The summed E-state index contributed by atoms with van der Waals surface area (Å²) in [6.45, 7) is 4.02. The molecule has 5 aromatic rings. The summed E-state index contributed by atoms with van der Waals surface area (Å²) in [6.07, 6.45) is 0. The summed E-state index contributed by atoms with van der Waals surface area (Å²) in [7, 11) is 3.33. The second-order valence-electron chi connectivity index (χ2n) is 10.7. The zero-order valence-electron chi connectivity index (χ0n) is 27.0. The van der Waals surface area contributed by atoms with Gasteiger partial charge in [0.1, 0.15) is 35.4 Å². The minimum atomic E-state index is -1.03. The monoisotopic (exact) mass is 630 g/mol. The molecule has 0 aliphatic heterocycles. The largest absolute Gasteiger partial charge is 0.497 e. The third kappa shape index (κ3) is 8.32. The van der Waals surface area contributed by atoms with Gasteiger partial charge >= 0.3 is 5.97 Å². The van der Waals surface area contributed by atoms with E-state index >= 15 is 0 Å². The Kier molecular flexibility index (Phi) is 10.8. The van der Waals surface area contributed by atoms with Crippen molar-refractivity contribution >= 4 is 11.5 Å². The average Bonchev–Trinajstić information content (AvgIpc) is 3.11. The van der Waals surface area contributed by atoms with Crippen LogP contribution in [-0.4, -0.2) is 45.1 Å². The number of carboxylic acids is 1. The van der Waals surface area contributed by atoms with Gasteiger partial charge < -0.3 is 28.8 Å². The number of ether oxygens (including phenoxy) is 5. The lowest BCUT2D eigenvalue weighted by atomic mass is 9.93. The van der Waals surface area contributed by atoms with Crippen LogP contribution in [-0.2, 0) is 9.53 Å². The summed E-state index contributed by atoms with van der Waals surface area (Å²) >= 11 is 0. The molecule has 47 heavy (non-hydrogen) atoms. The number of methoxy groups -OCH3 is 2. The third-order valence-electron chi connectivity index (χ3n) is 7.62. The molecular weight excluding hydrogens is 592 g/mol. The van der Waals surface area contributed by atoms with Gasteiger partial charge in [-0.2, -0.15) is 0 Å². The summed E-state index contributed by atoms with van der Waals surface area (Å²) in [5.41, 5.74) is 7.89. The molecular formula is C40H38O7. The Labute approximate surface area is 275 Å². The van der Waals surface area contributed by atoms with Crippen molar-refractivity contribution < 1.29 is 33.6 Å². The van der Waals surface area contributed by atoms with Gasteiger partial charge in [0.05, 0.1) is 20.8 Å². The summed E-state index contributed by atoms with van der Waals surface area (Å²) in [6, 6.07) is 38.0. The predicted octanol–water partition coefficient (Wildman–Crippen LogP) is 8.68. The number of aryl methyl sites for hydroxylation is 1. The summed E-state index contributed by atoms with van der Waals surface area (Å²) in [5.74, 6) is 2.36. The maximum atomic E-state index is 10.9. The topological polar surface area (TPSA) is 83.5 Å². The van der Waals surface area contributed by atoms with Crippen molar-refractivity contribution in [2.75, 3.05) is 34.0 Å². The van der Waals surface area contributed by atoms with Crippen LogP contribution in [0, 0.1) is 6.92 Å². The first-order valence-electron chi connectivity index (χ1n) is 15.3.